The van der Waals surface area contributed by atoms with Crippen molar-refractivity contribution in [2.45, 2.75) is 6.04 Å². The minimum Gasteiger partial charge on any atom is -0.398 e. The number of nitrogen functional groups attached to an aromatic ring is 1. The molecular weight excluding hydrogens is 192 g/mol. The molecule has 0 spiro atoms. The van der Waals surface area contributed by atoms with Gasteiger partial charge in [-0.2, -0.15) is 0 Å². The van der Waals surface area contributed by atoms with Gasteiger partial charge in [-0.1, -0.05) is 18.2 Å². The van der Waals surface area contributed by atoms with E-state index in [1.54, 1.807) is 11.9 Å². The van der Waals surface area contributed by atoms with Crippen LogP contribution in [0.25, 0.3) is 0 Å². The molecule has 15 heavy (non-hydrogen) atoms. The van der Waals surface area contributed by atoms with E-state index < -0.39 is 0 Å². The van der Waals surface area contributed by atoms with Crippen molar-refractivity contribution in [1.82, 2.24) is 4.90 Å². The molecule has 4 heteroatoms. The summed E-state index contributed by atoms with van der Waals surface area (Å²) in [5, 5.41) is 0. The number of morpholine rings is 1. The number of nitrogens with two attached hydrogens (primary N) is 1. The van der Waals surface area contributed by atoms with E-state index in [4.69, 9.17) is 10.5 Å². The van der Waals surface area contributed by atoms with Gasteiger partial charge in [-0.05, 0) is 11.6 Å². The standard InChI is InChI=1S/C11H14N2O2/c1-13-10(6-15-7-11(13)14)8-4-2-3-5-9(8)12/h2-5,10H,6-7,12H2,1H3. The zero-order chi connectivity index (χ0) is 10.8. The Morgan fingerprint density at radius 1 is 1.47 bits per heavy atom. The predicted molar refractivity (Wildman–Crippen MR) is 57.2 cm³/mol. The fourth-order valence-corrected chi connectivity index (χ4v) is 1.76. The average Bonchev–Trinajstić information content (AvgIpc) is 2.23. The van der Waals surface area contributed by atoms with Crippen LogP contribution in [-0.4, -0.2) is 31.1 Å². The van der Waals surface area contributed by atoms with E-state index in [2.05, 4.69) is 0 Å². The normalized spacial score (nSPS) is 21.8. The first-order valence-corrected chi connectivity index (χ1v) is 4.88. The molecule has 1 saturated heterocycles. The summed E-state index contributed by atoms with van der Waals surface area (Å²) in [6.07, 6.45) is 0. The second-order valence-corrected chi connectivity index (χ2v) is 3.66. The van der Waals surface area contributed by atoms with Gasteiger partial charge in [0.1, 0.15) is 6.61 Å². The summed E-state index contributed by atoms with van der Waals surface area (Å²) in [6, 6.07) is 7.50. The van der Waals surface area contributed by atoms with Gasteiger partial charge in [-0.3, -0.25) is 4.79 Å². The fraction of sp³-hybridized carbons (Fsp3) is 0.364. The minimum atomic E-state index is -0.0625. The molecule has 0 saturated carbocycles. The molecule has 4 nitrogen and oxygen atoms in total. The van der Waals surface area contributed by atoms with Gasteiger partial charge in [0.05, 0.1) is 12.6 Å². The third-order valence-electron chi connectivity index (χ3n) is 2.72. The Labute approximate surface area is 88.6 Å². The number of ether oxygens (including phenoxy) is 1. The maximum absolute atomic E-state index is 11.4. The van der Waals surface area contributed by atoms with Gasteiger partial charge in [-0.25, -0.2) is 0 Å². The number of nitrogens with zero attached hydrogens (tertiary/aromatic N) is 1. The number of carbonyl (C=O) groups is 1. The Bertz CT molecular complexity index is 379. The summed E-state index contributed by atoms with van der Waals surface area (Å²) in [4.78, 5) is 13.1. The molecule has 1 aromatic carbocycles. The summed E-state index contributed by atoms with van der Waals surface area (Å²) in [5.74, 6) is -0.00509. The van der Waals surface area contributed by atoms with E-state index in [1.165, 1.54) is 0 Å². The molecular formula is C11H14N2O2. The summed E-state index contributed by atoms with van der Waals surface area (Å²) in [6.45, 7) is 0.677. The van der Waals surface area contributed by atoms with E-state index in [0.29, 0.717) is 12.3 Å². The lowest BCUT2D eigenvalue weighted by atomic mass is 10.0. The second-order valence-electron chi connectivity index (χ2n) is 3.66. The number of carbonyl (C=O) groups excluding carboxylic acids is 1. The number of anilines is 1. The van der Waals surface area contributed by atoms with Crippen LogP contribution in [0, 0.1) is 0 Å². The highest BCUT2D eigenvalue weighted by atomic mass is 16.5. The Morgan fingerprint density at radius 2 is 2.20 bits per heavy atom. The largest absolute Gasteiger partial charge is 0.398 e. The van der Waals surface area contributed by atoms with Crippen molar-refractivity contribution in [3.8, 4) is 0 Å². The molecule has 1 aliphatic rings. The number of amides is 1. The average molecular weight is 206 g/mol. The van der Waals surface area contributed by atoms with Crippen LogP contribution in [0.2, 0.25) is 0 Å². The van der Waals surface area contributed by atoms with Gasteiger partial charge in [-0.15, -0.1) is 0 Å². The van der Waals surface area contributed by atoms with Crippen LogP contribution in [0.3, 0.4) is 0 Å². The molecule has 1 unspecified atom stereocenters. The van der Waals surface area contributed by atoms with Crippen LogP contribution in [0.4, 0.5) is 5.69 Å². The zero-order valence-corrected chi connectivity index (χ0v) is 8.64. The first-order valence-electron chi connectivity index (χ1n) is 4.88. The molecule has 80 valence electrons. The number of benzene rings is 1. The molecule has 2 rings (SSSR count). The van der Waals surface area contributed by atoms with Crippen LogP contribution in [-0.2, 0) is 9.53 Å². The van der Waals surface area contributed by atoms with Gasteiger partial charge >= 0.3 is 0 Å². The van der Waals surface area contributed by atoms with Gasteiger partial charge in [0.2, 0.25) is 5.91 Å². The van der Waals surface area contributed by atoms with Crippen molar-refractivity contribution in [1.29, 1.82) is 0 Å². The molecule has 0 bridgehead atoms. The predicted octanol–water partition coefficient (Wildman–Crippen LogP) is 0.798. The van der Waals surface area contributed by atoms with Crippen LogP contribution in [0.1, 0.15) is 11.6 Å². The molecule has 1 aliphatic heterocycles. The lowest BCUT2D eigenvalue weighted by molar-refractivity contribution is -0.146. The third-order valence-corrected chi connectivity index (χ3v) is 2.72. The molecule has 0 aliphatic carbocycles. The van der Waals surface area contributed by atoms with Crippen LogP contribution >= 0.6 is 0 Å². The maximum atomic E-state index is 11.4. The number of hydrogen-bond donors (Lipinski definition) is 1. The Morgan fingerprint density at radius 3 is 2.93 bits per heavy atom. The first-order chi connectivity index (χ1) is 7.20. The highest BCUT2D eigenvalue weighted by Crippen LogP contribution is 2.27. The quantitative estimate of drug-likeness (QED) is 0.691. The smallest absolute Gasteiger partial charge is 0.248 e. The van der Waals surface area contributed by atoms with Crippen molar-refractivity contribution in [2.75, 3.05) is 26.0 Å². The fourth-order valence-electron chi connectivity index (χ4n) is 1.76. The molecule has 1 atom stereocenters. The molecule has 0 aromatic heterocycles. The Hall–Kier alpha value is -1.55. The Kier molecular flexibility index (Phi) is 2.60. The van der Waals surface area contributed by atoms with Crippen molar-refractivity contribution < 1.29 is 9.53 Å². The number of likely N-dealkylation sites (N-methyl/N-ethyl adjacent to an activating group) is 1. The molecule has 1 amide bonds. The molecule has 2 N–H and O–H groups in total. The molecule has 1 fully saturated rings. The molecule has 1 heterocycles. The number of rotatable bonds is 1. The molecule has 1 aromatic rings. The minimum absolute atomic E-state index is 0.00509. The van der Waals surface area contributed by atoms with Crippen molar-refractivity contribution in [3.05, 3.63) is 29.8 Å². The third kappa shape index (κ3) is 1.80. The second kappa shape index (κ2) is 3.90. The summed E-state index contributed by atoms with van der Waals surface area (Å²) >= 11 is 0. The van der Waals surface area contributed by atoms with Gasteiger partial charge in [0.25, 0.3) is 0 Å². The summed E-state index contributed by atoms with van der Waals surface area (Å²) in [7, 11) is 1.78. The van der Waals surface area contributed by atoms with Crippen molar-refractivity contribution >= 4 is 11.6 Å². The van der Waals surface area contributed by atoms with E-state index >= 15 is 0 Å². The monoisotopic (exact) mass is 206 g/mol. The van der Waals surface area contributed by atoms with E-state index in [0.717, 1.165) is 5.56 Å². The van der Waals surface area contributed by atoms with E-state index in [1.807, 2.05) is 24.3 Å². The van der Waals surface area contributed by atoms with Crippen molar-refractivity contribution in [3.63, 3.8) is 0 Å². The maximum Gasteiger partial charge on any atom is 0.248 e. The van der Waals surface area contributed by atoms with Crippen LogP contribution in [0.5, 0.6) is 0 Å². The highest BCUT2D eigenvalue weighted by molar-refractivity contribution is 5.78. The van der Waals surface area contributed by atoms with Gasteiger partial charge in [0, 0.05) is 12.7 Å². The zero-order valence-electron chi connectivity index (χ0n) is 8.64. The number of para-hydroxylation sites is 1. The van der Waals surface area contributed by atoms with Gasteiger partial charge in [0.15, 0.2) is 0 Å². The van der Waals surface area contributed by atoms with Crippen LogP contribution in [0.15, 0.2) is 24.3 Å². The van der Waals surface area contributed by atoms with E-state index in [-0.39, 0.29) is 18.6 Å². The summed E-state index contributed by atoms with van der Waals surface area (Å²) in [5.41, 5.74) is 7.52. The first kappa shape index (κ1) is 9.98. The topological polar surface area (TPSA) is 55.6 Å². The summed E-state index contributed by atoms with van der Waals surface area (Å²) < 4.78 is 5.23. The Balaban J connectivity index is 2.30. The SMILES string of the molecule is CN1C(=O)COCC1c1ccccc1N. The van der Waals surface area contributed by atoms with Crippen LogP contribution < -0.4 is 5.73 Å². The highest BCUT2D eigenvalue weighted by Gasteiger charge is 2.27. The van der Waals surface area contributed by atoms with Crippen molar-refractivity contribution in [2.24, 2.45) is 0 Å². The van der Waals surface area contributed by atoms with E-state index in [9.17, 15) is 4.79 Å². The lowest BCUT2D eigenvalue weighted by Crippen LogP contribution is -2.41. The number of hydrogen-bond acceptors (Lipinski definition) is 3. The van der Waals surface area contributed by atoms with Gasteiger partial charge < -0.3 is 15.4 Å². The molecule has 0 radical (unpaired) electrons. The lowest BCUT2D eigenvalue weighted by Gasteiger charge is -2.33.